The first kappa shape index (κ1) is 10.6. The zero-order valence-electron chi connectivity index (χ0n) is 9.19. The maximum absolute atomic E-state index is 5.67. The summed E-state index contributed by atoms with van der Waals surface area (Å²) < 4.78 is 5.67. The number of hydrogen-bond acceptors (Lipinski definition) is 1. The van der Waals surface area contributed by atoms with E-state index in [0.29, 0.717) is 0 Å². The third-order valence-electron chi connectivity index (χ3n) is 2.93. The van der Waals surface area contributed by atoms with Gasteiger partial charge in [0.1, 0.15) is 5.75 Å². The molecule has 0 radical (unpaired) electrons. The molecule has 0 spiro atoms. The number of hydrogen-bond donors (Lipinski definition) is 0. The van der Waals surface area contributed by atoms with Gasteiger partial charge in [0.25, 0.3) is 0 Å². The van der Waals surface area contributed by atoms with E-state index in [4.69, 9.17) is 4.74 Å². The van der Waals surface area contributed by atoms with Crippen LogP contribution in [-0.2, 0) is 5.33 Å². The summed E-state index contributed by atoms with van der Waals surface area (Å²) in [6.45, 7) is 0. The molecule has 0 saturated heterocycles. The Hall–Kier alpha value is -1.54. The van der Waals surface area contributed by atoms with Crippen LogP contribution in [0, 0.1) is 0 Å². The summed E-state index contributed by atoms with van der Waals surface area (Å²) in [4.78, 5) is 0. The zero-order chi connectivity index (χ0) is 11.7. The minimum absolute atomic E-state index is 0.827. The molecule has 0 saturated carbocycles. The minimum atomic E-state index is 0.827. The number of rotatable bonds is 1. The lowest BCUT2D eigenvalue weighted by Crippen LogP contribution is -1.91. The third-order valence-corrected chi connectivity index (χ3v) is 3.53. The lowest BCUT2D eigenvalue weighted by molar-refractivity contribution is 0.488. The quantitative estimate of drug-likeness (QED) is 0.696. The van der Waals surface area contributed by atoms with Crippen LogP contribution < -0.4 is 4.74 Å². The van der Waals surface area contributed by atoms with Gasteiger partial charge in [-0.25, -0.2) is 0 Å². The lowest BCUT2D eigenvalue weighted by atomic mass is 9.95. The molecule has 0 fully saturated rings. The van der Waals surface area contributed by atoms with E-state index in [2.05, 4.69) is 40.2 Å². The van der Waals surface area contributed by atoms with Crippen molar-refractivity contribution >= 4 is 22.0 Å². The molecule has 0 amide bonds. The summed E-state index contributed by atoms with van der Waals surface area (Å²) in [5.41, 5.74) is 4.86. The standard InChI is InChI=1S/C15H11BrO/c16-10-12-5-3-7-14-15(12)13-6-2-1-4-11(13)8-9-17-14/h1-9H,10H2. The average molecular weight is 287 g/mol. The van der Waals surface area contributed by atoms with Gasteiger partial charge in [-0.3, -0.25) is 0 Å². The second-order valence-electron chi connectivity index (χ2n) is 3.93. The highest BCUT2D eigenvalue weighted by Gasteiger charge is 2.15. The van der Waals surface area contributed by atoms with E-state index in [-0.39, 0.29) is 0 Å². The molecule has 84 valence electrons. The first-order chi connectivity index (χ1) is 8.40. The van der Waals surface area contributed by atoms with Gasteiger partial charge in [-0.2, -0.15) is 0 Å². The van der Waals surface area contributed by atoms with Crippen LogP contribution in [0.2, 0.25) is 0 Å². The summed E-state index contributed by atoms with van der Waals surface area (Å²) in [5.74, 6) is 0.920. The molecular weight excluding hydrogens is 276 g/mol. The van der Waals surface area contributed by atoms with E-state index in [0.717, 1.165) is 11.1 Å². The van der Waals surface area contributed by atoms with E-state index < -0.39 is 0 Å². The van der Waals surface area contributed by atoms with Gasteiger partial charge >= 0.3 is 0 Å². The van der Waals surface area contributed by atoms with Crippen LogP contribution in [0.3, 0.4) is 0 Å². The Morgan fingerprint density at radius 1 is 1.00 bits per heavy atom. The molecule has 1 aliphatic heterocycles. The van der Waals surface area contributed by atoms with E-state index >= 15 is 0 Å². The molecule has 2 aromatic carbocycles. The fourth-order valence-electron chi connectivity index (χ4n) is 2.14. The number of fused-ring (bicyclic) bond motifs is 3. The fourth-order valence-corrected chi connectivity index (χ4v) is 2.61. The Balaban J connectivity index is 2.34. The van der Waals surface area contributed by atoms with Crippen molar-refractivity contribution in [3.05, 3.63) is 59.9 Å². The summed E-state index contributed by atoms with van der Waals surface area (Å²) >= 11 is 3.54. The van der Waals surface area contributed by atoms with Gasteiger partial charge in [0, 0.05) is 10.9 Å². The molecule has 2 aromatic rings. The molecule has 2 heteroatoms. The SMILES string of the molecule is BrCc1cccc2c1-c1ccccc1C=CO2. The van der Waals surface area contributed by atoms with Gasteiger partial charge in [0.2, 0.25) is 0 Å². The maximum Gasteiger partial charge on any atom is 0.134 e. The normalized spacial score (nSPS) is 12.3. The van der Waals surface area contributed by atoms with Crippen molar-refractivity contribution in [1.29, 1.82) is 0 Å². The van der Waals surface area contributed by atoms with Crippen molar-refractivity contribution < 1.29 is 4.74 Å². The van der Waals surface area contributed by atoms with Crippen LogP contribution in [0.15, 0.2) is 48.7 Å². The molecule has 1 aliphatic rings. The molecule has 17 heavy (non-hydrogen) atoms. The van der Waals surface area contributed by atoms with Crippen LogP contribution in [0.25, 0.3) is 17.2 Å². The molecule has 0 atom stereocenters. The minimum Gasteiger partial charge on any atom is -0.464 e. The Labute approximate surface area is 109 Å². The topological polar surface area (TPSA) is 9.23 Å². The second kappa shape index (κ2) is 4.38. The Bertz CT molecular complexity index is 587. The molecule has 1 nitrogen and oxygen atoms in total. The number of halogens is 1. The smallest absolute Gasteiger partial charge is 0.134 e. The number of ether oxygens (including phenoxy) is 1. The Morgan fingerprint density at radius 2 is 1.88 bits per heavy atom. The summed E-state index contributed by atoms with van der Waals surface area (Å²) in [6.07, 6.45) is 3.76. The molecule has 3 rings (SSSR count). The van der Waals surface area contributed by atoms with Crippen molar-refractivity contribution in [2.24, 2.45) is 0 Å². The van der Waals surface area contributed by atoms with Gasteiger partial charge in [0.05, 0.1) is 6.26 Å². The van der Waals surface area contributed by atoms with Gasteiger partial charge in [-0.05, 0) is 28.8 Å². The molecule has 0 bridgehead atoms. The van der Waals surface area contributed by atoms with Crippen LogP contribution in [0.5, 0.6) is 5.75 Å². The van der Waals surface area contributed by atoms with Crippen LogP contribution in [0.1, 0.15) is 11.1 Å². The lowest BCUT2D eigenvalue weighted by Gasteiger charge is -2.12. The van der Waals surface area contributed by atoms with Gasteiger partial charge in [0.15, 0.2) is 0 Å². The van der Waals surface area contributed by atoms with Crippen LogP contribution in [-0.4, -0.2) is 0 Å². The van der Waals surface area contributed by atoms with Gasteiger partial charge < -0.3 is 4.74 Å². The van der Waals surface area contributed by atoms with Crippen LogP contribution in [0.4, 0.5) is 0 Å². The largest absolute Gasteiger partial charge is 0.464 e. The third kappa shape index (κ3) is 1.79. The van der Waals surface area contributed by atoms with Gasteiger partial charge in [-0.1, -0.05) is 52.3 Å². The van der Waals surface area contributed by atoms with Crippen molar-refractivity contribution in [2.45, 2.75) is 5.33 Å². The number of benzene rings is 2. The fraction of sp³-hybridized carbons (Fsp3) is 0.0667. The summed E-state index contributed by atoms with van der Waals surface area (Å²) in [6, 6.07) is 14.5. The van der Waals surface area contributed by atoms with E-state index in [1.807, 2.05) is 24.3 Å². The second-order valence-corrected chi connectivity index (χ2v) is 4.49. The van der Waals surface area contributed by atoms with Gasteiger partial charge in [-0.15, -0.1) is 0 Å². The molecule has 0 aromatic heterocycles. The van der Waals surface area contributed by atoms with Crippen molar-refractivity contribution in [1.82, 2.24) is 0 Å². The highest BCUT2D eigenvalue weighted by Crippen LogP contribution is 2.38. The monoisotopic (exact) mass is 286 g/mol. The summed E-state index contributed by atoms with van der Waals surface area (Å²) in [7, 11) is 0. The molecule has 0 N–H and O–H groups in total. The first-order valence-corrected chi connectivity index (χ1v) is 6.63. The molecule has 0 aliphatic carbocycles. The van der Waals surface area contributed by atoms with E-state index in [1.54, 1.807) is 6.26 Å². The number of alkyl halides is 1. The highest BCUT2D eigenvalue weighted by atomic mass is 79.9. The molecule has 0 unspecified atom stereocenters. The predicted molar refractivity (Wildman–Crippen MR) is 74.2 cm³/mol. The van der Waals surface area contributed by atoms with Crippen LogP contribution >= 0.6 is 15.9 Å². The molecule has 1 heterocycles. The molecular formula is C15H11BrO. The van der Waals surface area contributed by atoms with Crippen molar-refractivity contribution in [3.8, 4) is 16.9 Å². The van der Waals surface area contributed by atoms with Crippen molar-refractivity contribution in [2.75, 3.05) is 0 Å². The maximum atomic E-state index is 5.67. The summed E-state index contributed by atoms with van der Waals surface area (Å²) in [5, 5.41) is 0.827. The van der Waals surface area contributed by atoms with E-state index in [1.165, 1.54) is 22.3 Å². The predicted octanol–water partition coefficient (Wildman–Crippen LogP) is 4.61. The highest BCUT2D eigenvalue weighted by molar-refractivity contribution is 9.08. The first-order valence-electron chi connectivity index (χ1n) is 5.50. The zero-order valence-corrected chi connectivity index (χ0v) is 10.8. The Kier molecular flexibility index (Phi) is 2.73. The van der Waals surface area contributed by atoms with Crippen molar-refractivity contribution in [3.63, 3.8) is 0 Å². The van der Waals surface area contributed by atoms with E-state index in [9.17, 15) is 0 Å². The average Bonchev–Trinajstić information content (AvgIpc) is 2.57. The Morgan fingerprint density at radius 3 is 2.76 bits per heavy atom.